The Hall–Kier alpha value is -2.50. The highest BCUT2D eigenvalue weighted by Gasteiger charge is 2.11. The van der Waals surface area contributed by atoms with Crippen molar-refractivity contribution in [3.05, 3.63) is 58.7 Å². The summed E-state index contributed by atoms with van der Waals surface area (Å²) in [5.74, 6) is 0.437. The van der Waals surface area contributed by atoms with E-state index in [9.17, 15) is 9.90 Å². The van der Waals surface area contributed by atoms with Crippen LogP contribution in [0.2, 0.25) is 5.02 Å². The maximum atomic E-state index is 12.3. The minimum atomic E-state index is -0.159. The van der Waals surface area contributed by atoms with E-state index in [1.807, 2.05) is 18.3 Å². The first kappa shape index (κ1) is 16.4. The third-order valence-corrected chi connectivity index (χ3v) is 4.05. The van der Waals surface area contributed by atoms with Gasteiger partial charge in [-0.2, -0.15) is 0 Å². The molecule has 0 bridgehead atoms. The van der Waals surface area contributed by atoms with Crippen LogP contribution in [0.15, 0.2) is 42.6 Å². The number of aliphatic hydroxyl groups is 1. The van der Waals surface area contributed by atoms with Crippen LogP contribution in [0, 0.1) is 0 Å². The van der Waals surface area contributed by atoms with Crippen LogP contribution in [-0.2, 0) is 17.8 Å². The van der Waals surface area contributed by atoms with Gasteiger partial charge in [-0.15, -0.1) is 0 Å². The second-order valence-electron chi connectivity index (χ2n) is 5.41. The standard InChI is InChI=1S/C18H17ClN2O3/c1-24-17-5-3-14(6-12(17)10-22)21-18(23)7-11-9-20-16-4-2-13(19)8-15(11)16/h2-6,8-9,20,22H,7,10H2,1H3,(H,21,23). The van der Waals surface area contributed by atoms with Crippen LogP contribution in [0.5, 0.6) is 5.75 Å². The molecule has 1 aromatic heterocycles. The lowest BCUT2D eigenvalue weighted by atomic mass is 10.1. The molecule has 6 heteroatoms. The van der Waals surface area contributed by atoms with Gasteiger partial charge in [0.05, 0.1) is 20.1 Å². The number of methoxy groups -OCH3 is 1. The van der Waals surface area contributed by atoms with Crippen molar-refractivity contribution in [1.82, 2.24) is 4.98 Å². The van der Waals surface area contributed by atoms with E-state index in [1.165, 1.54) is 7.11 Å². The topological polar surface area (TPSA) is 74.3 Å². The number of anilines is 1. The molecule has 0 saturated carbocycles. The van der Waals surface area contributed by atoms with E-state index in [2.05, 4.69) is 10.3 Å². The normalized spacial score (nSPS) is 10.8. The number of hydrogen-bond acceptors (Lipinski definition) is 3. The second-order valence-corrected chi connectivity index (χ2v) is 5.85. The number of carbonyl (C=O) groups is 1. The van der Waals surface area contributed by atoms with Crippen molar-refractivity contribution in [1.29, 1.82) is 0 Å². The number of aliphatic hydroxyl groups excluding tert-OH is 1. The number of aromatic nitrogens is 1. The molecule has 0 aliphatic heterocycles. The highest BCUT2D eigenvalue weighted by atomic mass is 35.5. The summed E-state index contributed by atoms with van der Waals surface area (Å²) >= 11 is 6.03. The molecule has 3 N–H and O–H groups in total. The van der Waals surface area contributed by atoms with Crippen LogP contribution >= 0.6 is 11.6 Å². The Bertz CT molecular complexity index is 889. The van der Waals surface area contributed by atoms with E-state index in [-0.39, 0.29) is 18.9 Å². The summed E-state index contributed by atoms with van der Waals surface area (Å²) < 4.78 is 5.15. The van der Waals surface area contributed by atoms with Gasteiger partial charge in [-0.25, -0.2) is 0 Å². The van der Waals surface area contributed by atoms with Crippen molar-refractivity contribution in [3.8, 4) is 5.75 Å². The smallest absolute Gasteiger partial charge is 0.228 e. The zero-order valence-electron chi connectivity index (χ0n) is 13.1. The molecule has 0 radical (unpaired) electrons. The summed E-state index contributed by atoms with van der Waals surface area (Å²) in [4.78, 5) is 15.4. The van der Waals surface area contributed by atoms with Crippen LogP contribution in [0.25, 0.3) is 10.9 Å². The van der Waals surface area contributed by atoms with Gasteiger partial charge >= 0.3 is 0 Å². The number of halogens is 1. The number of benzene rings is 2. The lowest BCUT2D eigenvalue weighted by Gasteiger charge is -2.10. The fraction of sp³-hybridized carbons (Fsp3) is 0.167. The summed E-state index contributed by atoms with van der Waals surface area (Å²) in [6.07, 6.45) is 2.04. The summed E-state index contributed by atoms with van der Waals surface area (Å²) in [5, 5.41) is 13.7. The van der Waals surface area contributed by atoms with Gasteiger partial charge in [0.2, 0.25) is 5.91 Å². The first-order valence-corrected chi connectivity index (χ1v) is 7.81. The van der Waals surface area contributed by atoms with E-state index < -0.39 is 0 Å². The minimum Gasteiger partial charge on any atom is -0.496 e. The Morgan fingerprint density at radius 1 is 1.25 bits per heavy atom. The number of fused-ring (bicyclic) bond motifs is 1. The molecule has 3 rings (SSSR count). The Balaban J connectivity index is 1.76. The van der Waals surface area contributed by atoms with Crippen LogP contribution in [-0.4, -0.2) is 23.1 Å². The molecular formula is C18H17ClN2O3. The molecule has 0 atom stereocenters. The van der Waals surface area contributed by atoms with Gasteiger partial charge in [0.25, 0.3) is 0 Å². The van der Waals surface area contributed by atoms with Crippen LogP contribution in [0.3, 0.4) is 0 Å². The summed E-state index contributed by atoms with van der Waals surface area (Å²) in [7, 11) is 1.54. The van der Waals surface area contributed by atoms with E-state index in [4.69, 9.17) is 16.3 Å². The summed E-state index contributed by atoms with van der Waals surface area (Å²) in [6, 6.07) is 10.7. The fourth-order valence-electron chi connectivity index (χ4n) is 2.65. The predicted molar refractivity (Wildman–Crippen MR) is 94.6 cm³/mol. The zero-order chi connectivity index (χ0) is 17.1. The second kappa shape index (κ2) is 6.95. The fourth-order valence-corrected chi connectivity index (χ4v) is 2.83. The van der Waals surface area contributed by atoms with E-state index in [0.717, 1.165) is 16.5 Å². The van der Waals surface area contributed by atoms with E-state index in [0.29, 0.717) is 22.0 Å². The third-order valence-electron chi connectivity index (χ3n) is 3.81. The molecule has 1 amide bonds. The summed E-state index contributed by atoms with van der Waals surface area (Å²) in [5.41, 5.74) is 3.05. The Labute approximate surface area is 144 Å². The van der Waals surface area contributed by atoms with Gasteiger partial charge < -0.3 is 20.1 Å². The molecule has 1 heterocycles. The molecule has 24 heavy (non-hydrogen) atoms. The van der Waals surface area contributed by atoms with Gasteiger partial charge in [-0.1, -0.05) is 11.6 Å². The molecule has 5 nitrogen and oxygen atoms in total. The average Bonchev–Trinajstić information content (AvgIpc) is 2.96. The minimum absolute atomic E-state index is 0.148. The molecule has 3 aromatic rings. The number of aromatic amines is 1. The number of H-pyrrole nitrogens is 1. The Kier molecular flexibility index (Phi) is 4.74. The largest absolute Gasteiger partial charge is 0.496 e. The zero-order valence-corrected chi connectivity index (χ0v) is 13.9. The molecule has 0 saturated heterocycles. The third kappa shape index (κ3) is 3.37. The number of rotatable bonds is 5. The van der Waals surface area contributed by atoms with Gasteiger partial charge in [0.1, 0.15) is 5.75 Å². The number of amides is 1. The SMILES string of the molecule is COc1ccc(NC(=O)Cc2c[nH]c3ccc(Cl)cc23)cc1CO. The number of nitrogens with one attached hydrogen (secondary N) is 2. The molecular weight excluding hydrogens is 328 g/mol. The molecule has 0 spiro atoms. The van der Waals surface area contributed by atoms with Crippen molar-refractivity contribution in [3.63, 3.8) is 0 Å². The van der Waals surface area contributed by atoms with Crippen LogP contribution in [0.4, 0.5) is 5.69 Å². The van der Waals surface area contributed by atoms with Gasteiger partial charge in [-0.05, 0) is 42.0 Å². The summed E-state index contributed by atoms with van der Waals surface area (Å²) in [6.45, 7) is -0.159. The maximum absolute atomic E-state index is 12.3. The molecule has 0 aliphatic carbocycles. The predicted octanol–water partition coefficient (Wildman–Crippen LogP) is 3.50. The first-order valence-electron chi connectivity index (χ1n) is 7.44. The van der Waals surface area contributed by atoms with E-state index in [1.54, 1.807) is 24.3 Å². The van der Waals surface area contributed by atoms with Crippen LogP contribution < -0.4 is 10.1 Å². The average molecular weight is 345 g/mol. The van der Waals surface area contributed by atoms with Crippen molar-refractivity contribution in [2.75, 3.05) is 12.4 Å². The highest BCUT2D eigenvalue weighted by Crippen LogP contribution is 2.24. The molecule has 124 valence electrons. The lowest BCUT2D eigenvalue weighted by molar-refractivity contribution is -0.115. The maximum Gasteiger partial charge on any atom is 0.228 e. The first-order chi connectivity index (χ1) is 11.6. The molecule has 0 fully saturated rings. The van der Waals surface area contributed by atoms with E-state index >= 15 is 0 Å². The number of hydrogen-bond donors (Lipinski definition) is 3. The molecule has 2 aromatic carbocycles. The van der Waals surface area contributed by atoms with Crippen LogP contribution in [0.1, 0.15) is 11.1 Å². The van der Waals surface area contributed by atoms with Gasteiger partial charge in [0, 0.05) is 33.4 Å². The Morgan fingerprint density at radius 2 is 2.08 bits per heavy atom. The number of ether oxygens (including phenoxy) is 1. The van der Waals surface area contributed by atoms with Gasteiger partial charge in [0.15, 0.2) is 0 Å². The highest BCUT2D eigenvalue weighted by molar-refractivity contribution is 6.31. The lowest BCUT2D eigenvalue weighted by Crippen LogP contribution is -2.14. The quantitative estimate of drug-likeness (QED) is 0.663. The van der Waals surface area contributed by atoms with Crippen molar-refractivity contribution < 1.29 is 14.6 Å². The Morgan fingerprint density at radius 3 is 2.83 bits per heavy atom. The van der Waals surface area contributed by atoms with Gasteiger partial charge in [-0.3, -0.25) is 4.79 Å². The van der Waals surface area contributed by atoms with Crippen molar-refractivity contribution >= 4 is 34.1 Å². The van der Waals surface area contributed by atoms with Crippen molar-refractivity contribution in [2.45, 2.75) is 13.0 Å². The molecule has 0 aliphatic rings. The monoisotopic (exact) mass is 344 g/mol. The van der Waals surface area contributed by atoms with Crippen molar-refractivity contribution in [2.24, 2.45) is 0 Å². The molecule has 0 unspecified atom stereocenters. The number of carbonyl (C=O) groups excluding carboxylic acids is 1.